The highest BCUT2D eigenvalue weighted by atomic mass is 32.2. The molecule has 0 radical (unpaired) electrons. The summed E-state index contributed by atoms with van der Waals surface area (Å²) in [5.74, 6) is 1.04. The highest BCUT2D eigenvalue weighted by Gasteiger charge is 2.26. The molecule has 6 heteroatoms. The Balaban J connectivity index is 2.16. The zero-order chi connectivity index (χ0) is 20.1. The Labute approximate surface area is 166 Å². The molecule has 3 aromatic carbocycles. The summed E-state index contributed by atoms with van der Waals surface area (Å²) in [5.41, 5.74) is 2.41. The van der Waals surface area contributed by atoms with E-state index in [0.717, 1.165) is 11.1 Å². The van der Waals surface area contributed by atoms with Crippen LogP contribution >= 0.6 is 0 Å². The summed E-state index contributed by atoms with van der Waals surface area (Å²) < 4.78 is 39.0. The molecule has 3 aromatic rings. The van der Waals surface area contributed by atoms with E-state index in [4.69, 9.17) is 9.47 Å². The Morgan fingerprint density at radius 3 is 1.96 bits per heavy atom. The van der Waals surface area contributed by atoms with Crippen LogP contribution in [0.5, 0.6) is 11.5 Å². The quantitative estimate of drug-likeness (QED) is 0.593. The van der Waals surface area contributed by atoms with Gasteiger partial charge >= 0.3 is 0 Å². The average molecular weight is 397 g/mol. The summed E-state index contributed by atoms with van der Waals surface area (Å²) in [6.45, 7) is 2.16. The Morgan fingerprint density at radius 1 is 0.821 bits per heavy atom. The van der Waals surface area contributed by atoms with E-state index in [2.05, 4.69) is 0 Å². The average Bonchev–Trinajstić information content (AvgIpc) is 2.73. The number of benzene rings is 3. The maximum atomic E-state index is 13.5. The van der Waals surface area contributed by atoms with E-state index >= 15 is 0 Å². The summed E-state index contributed by atoms with van der Waals surface area (Å²) in [4.78, 5) is 0.227. The van der Waals surface area contributed by atoms with Gasteiger partial charge in [0.25, 0.3) is 10.0 Å². The van der Waals surface area contributed by atoms with Crippen molar-refractivity contribution in [3.8, 4) is 11.5 Å². The van der Waals surface area contributed by atoms with Crippen LogP contribution < -0.4 is 13.8 Å². The monoisotopic (exact) mass is 397 g/mol. The smallest absolute Gasteiger partial charge is 0.264 e. The number of hydrogen-bond donors (Lipinski definition) is 0. The van der Waals surface area contributed by atoms with Crippen LogP contribution in [0.3, 0.4) is 0 Å². The van der Waals surface area contributed by atoms with Crippen molar-refractivity contribution in [1.82, 2.24) is 0 Å². The number of nitrogens with zero attached hydrogens (tertiary/aromatic N) is 1. The molecule has 0 unspecified atom stereocenters. The van der Waals surface area contributed by atoms with Crippen molar-refractivity contribution >= 4 is 15.7 Å². The van der Waals surface area contributed by atoms with Crippen molar-refractivity contribution in [2.24, 2.45) is 0 Å². The maximum absolute atomic E-state index is 13.5. The molecule has 0 amide bonds. The predicted octanol–water partition coefficient (Wildman–Crippen LogP) is 4.41. The van der Waals surface area contributed by atoms with E-state index in [0.29, 0.717) is 17.2 Å². The van der Waals surface area contributed by atoms with Gasteiger partial charge in [0.15, 0.2) is 0 Å². The van der Waals surface area contributed by atoms with Crippen molar-refractivity contribution < 1.29 is 17.9 Å². The maximum Gasteiger partial charge on any atom is 0.264 e. The van der Waals surface area contributed by atoms with Crippen molar-refractivity contribution in [3.63, 3.8) is 0 Å². The molecular formula is C22H23NO4S. The van der Waals surface area contributed by atoms with E-state index in [1.54, 1.807) is 48.5 Å². The van der Waals surface area contributed by atoms with Gasteiger partial charge in [0.2, 0.25) is 0 Å². The Kier molecular flexibility index (Phi) is 5.90. The number of anilines is 1. The Morgan fingerprint density at radius 2 is 1.39 bits per heavy atom. The van der Waals surface area contributed by atoms with Crippen LogP contribution in [0.25, 0.3) is 0 Å². The molecule has 146 valence electrons. The van der Waals surface area contributed by atoms with E-state index in [-0.39, 0.29) is 11.4 Å². The number of ether oxygens (including phenoxy) is 2. The van der Waals surface area contributed by atoms with E-state index in [1.165, 1.54) is 18.5 Å². The topological polar surface area (TPSA) is 55.8 Å². The molecule has 0 atom stereocenters. The fraction of sp³-hybridized carbons (Fsp3) is 0.182. The molecule has 0 aromatic heterocycles. The molecule has 0 aliphatic heterocycles. The predicted molar refractivity (Wildman–Crippen MR) is 111 cm³/mol. The van der Waals surface area contributed by atoms with Gasteiger partial charge in [0.05, 0.1) is 31.3 Å². The minimum Gasteiger partial charge on any atom is -0.497 e. The van der Waals surface area contributed by atoms with E-state index < -0.39 is 10.0 Å². The molecule has 3 rings (SSSR count). The van der Waals surface area contributed by atoms with Gasteiger partial charge < -0.3 is 9.47 Å². The number of sulfonamides is 1. The fourth-order valence-corrected chi connectivity index (χ4v) is 4.36. The fourth-order valence-electron chi connectivity index (χ4n) is 2.91. The van der Waals surface area contributed by atoms with Gasteiger partial charge in [-0.15, -0.1) is 0 Å². The number of methoxy groups -OCH3 is 2. The van der Waals surface area contributed by atoms with Crippen LogP contribution in [0.15, 0.2) is 77.7 Å². The number of aryl methyl sites for hydroxylation is 1. The third-order valence-corrected chi connectivity index (χ3v) is 6.32. The van der Waals surface area contributed by atoms with Crippen molar-refractivity contribution in [2.45, 2.75) is 18.4 Å². The molecule has 0 aliphatic rings. The first kappa shape index (κ1) is 19.8. The van der Waals surface area contributed by atoms with Crippen LogP contribution in [0.4, 0.5) is 5.69 Å². The van der Waals surface area contributed by atoms with Crippen LogP contribution in [0.1, 0.15) is 11.1 Å². The highest BCUT2D eigenvalue weighted by Crippen LogP contribution is 2.33. The minimum absolute atomic E-state index is 0.195. The lowest BCUT2D eigenvalue weighted by Gasteiger charge is -2.26. The molecule has 0 saturated carbocycles. The lowest BCUT2D eigenvalue weighted by atomic mass is 10.1. The first-order valence-electron chi connectivity index (χ1n) is 8.81. The molecule has 0 aliphatic carbocycles. The number of rotatable bonds is 7. The van der Waals surface area contributed by atoms with Crippen LogP contribution in [-0.2, 0) is 16.6 Å². The molecule has 0 N–H and O–H groups in total. The molecule has 0 bridgehead atoms. The number of hydrogen-bond acceptors (Lipinski definition) is 4. The van der Waals surface area contributed by atoms with E-state index in [9.17, 15) is 8.42 Å². The molecule has 0 heterocycles. The van der Waals surface area contributed by atoms with Gasteiger partial charge in [0, 0.05) is 18.2 Å². The summed E-state index contributed by atoms with van der Waals surface area (Å²) in [5, 5.41) is 0. The lowest BCUT2D eigenvalue weighted by molar-refractivity contribution is 0.394. The van der Waals surface area contributed by atoms with Crippen LogP contribution in [0.2, 0.25) is 0 Å². The first-order chi connectivity index (χ1) is 13.5. The largest absolute Gasteiger partial charge is 0.497 e. The SMILES string of the molecule is COc1cc(OC)cc(N(Cc2ccccc2C)S(=O)(=O)c2ccccc2)c1. The Bertz CT molecular complexity index is 1030. The molecule has 0 spiro atoms. The molecule has 5 nitrogen and oxygen atoms in total. The zero-order valence-electron chi connectivity index (χ0n) is 16.1. The van der Waals surface area contributed by atoms with Crippen molar-refractivity contribution in [1.29, 1.82) is 0 Å². The summed E-state index contributed by atoms with van der Waals surface area (Å²) >= 11 is 0. The second-order valence-corrected chi connectivity index (χ2v) is 8.18. The van der Waals surface area contributed by atoms with E-state index in [1.807, 2.05) is 31.2 Å². The lowest BCUT2D eigenvalue weighted by Crippen LogP contribution is -2.31. The van der Waals surface area contributed by atoms with Gasteiger partial charge in [0.1, 0.15) is 11.5 Å². The van der Waals surface area contributed by atoms with Gasteiger partial charge in [-0.1, -0.05) is 42.5 Å². The zero-order valence-corrected chi connectivity index (χ0v) is 16.9. The van der Waals surface area contributed by atoms with Crippen LogP contribution in [0, 0.1) is 6.92 Å². The molecule has 0 fully saturated rings. The van der Waals surface area contributed by atoms with Crippen molar-refractivity contribution in [3.05, 3.63) is 83.9 Å². The summed E-state index contributed by atoms with van der Waals surface area (Å²) in [7, 11) is -0.722. The first-order valence-corrected chi connectivity index (χ1v) is 10.2. The minimum atomic E-state index is -3.80. The highest BCUT2D eigenvalue weighted by molar-refractivity contribution is 7.92. The third kappa shape index (κ3) is 4.12. The second kappa shape index (κ2) is 8.35. The summed E-state index contributed by atoms with van der Waals surface area (Å²) in [6.07, 6.45) is 0. The molecular weight excluding hydrogens is 374 g/mol. The normalized spacial score (nSPS) is 11.1. The van der Waals surface area contributed by atoms with Gasteiger partial charge in [-0.2, -0.15) is 0 Å². The standard InChI is InChI=1S/C22H23NO4S/c1-17-9-7-8-10-18(17)16-23(28(24,25)22-11-5-4-6-12-22)19-13-20(26-2)15-21(14-19)27-3/h4-15H,16H2,1-3H3. The second-order valence-electron chi connectivity index (χ2n) is 6.32. The molecule has 0 saturated heterocycles. The van der Waals surface area contributed by atoms with Crippen LogP contribution in [-0.4, -0.2) is 22.6 Å². The Hall–Kier alpha value is -2.99. The van der Waals surface area contributed by atoms with Crippen molar-refractivity contribution in [2.75, 3.05) is 18.5 Å². The molecule has 28 heavy (non-hydrogen) atoms. The summed E-state index contributed by atoms with van der Waals surface area (Å²) in [6, 6.07) is 21.2. The van der Waals surface area contributed by atoms with Gasteiger partial charge in [-0.25, -0.2) is 8.42 Å². The third-order valence-electron chi connectivity index (χ3n) is 4.53. The van der Waals surface area contributed by atoms with Gasteiger partial charge in [-0.05, 0) is 30.2 Å². The van der Waals surface area contributed by atoms with Gasteiger partial charge in [-0.3, -0.25) is 4.31 Å².